The number of halogens is 1. The minimum atomic E-state index is -0.108. The van der Waals surface area contributed by atoms with Crippen molar-refractivity contribution in [2.75, 3.05) is 36.5 Å². The van der Waals surface area contributed by atoms with Gasteiger partial charge in [-0.25, -0.2) is 4.98 Å². The second kappa shape index (κ2) is 8.95. The standard InChI is InChI=1S/C22H22ClN3O2S/c1-15-4-2-5-16(12-15)22-24-17(14-29-22)13-20(27)25-19-7-3-6-18(23)21(19)26-8-10-28-11-9-26/h2-7,12,14H,8-11,13H2,1H3,(H,25,27). The Hall–Kier alpha value is -2.41. The molecule has 0 atom stereocenters. The molecule has 4 rings (SSSR count). The highest BCUT2D eigenvalue weighted by Crippen LogP contribution is 2.34. The van der Waals surface area contributed by atoms with Gasteiger partial charge in [0.25, 0.3) is 0 Å². The average molecular weight is 428 g/mol. The Bertz CT molecular complexity index is 1010. The molecule has 0 spiro atoms. The predicted molar refractivity (Wildman–Crippen MR) is 119 cm³/mol. The normalized spacial score (nSPS) is 14.1. The van der Waals surface area contributed by atoms with Crippen molar-refractivity contribution < 1.29 is 9.53 Å². The Morgan fingerprint density at radius 1 is 1.24 bits per heavy atom. The van der Waals surface area contributed by atoms with Gasteiger partial charge in [0, 0.05) is 24.0 Å². The number of thiazole rings is 1. The highest BCUT2D eigenvalue weighted by atomic mass is 35.5. The summed E-state index contributed by atoms with van der Waals surface area (Å²) in [5.74, 6) is -0.108. The zero-order valence-electron chi connectivity index (χ0n) is 16.2. The molecule has 0 saturated carbocycles. The molecule has 1 aliphatic rings. The van der Waals surface area contributed by atoms with Gasteiger partial charge in [0.1, 0.15) is 5.01 Å². The van der Waals surface area contributed by atoms with Gasteiger partial charge in [0.05, 0.1) is 41.7 Å². The molecule has 7 heteroatoms. The molecular formula is C22H22ClN3O2S. The van der Waals surface area contributed by atoms with Crippen molar-refractivity contribution >= 4 is 40.2 Å². The summed E-state index contributed by atoms with van der Waals surface area (Å²) in [5.41, 5.74) is 4.60. The maximum Gasteiger partial charge on any atom is 0.230 e. The summed E-state index contributed by atoms with van der Waals surface area (Å²) >= 11 is 8.00. The van der Waals surface area contributed by atoms with Crippen LogP contribution in [-0.4, -0.2) is 37.2 Å². The molecule has 1 N–H and O–H groups in total. The van der Waals surface area contributed by atoms with E-state index in [2.05, 4.69) is 34.3 Å². The van der Waals surface area contributed by atoms with E-state index >= 15 is 0 Å². The van der Waals surface area contributed by atoms with Crippen LogP contribution in [0.3, 0.4) is 0 Å². The molecule has 0 bridgehead atoms. The number of aryl methyl sites for hydroxylation is 1. The van der Waals surface area contributed by atoms with Crippen molar-refractivity contribution in [1.29, 1.82) is 0 Å². The summed E-state index contributed by atoms with van der Waals surface area (Å²) in [6.07, 6.45) is 0.220. The number of anilines is 2. The van der Waals surface area contributed by atoms with Gasteiger partial charge in [-0.1, -0.05) is 41.4 Å². The lowest BCUT2D eigenvalue weighted by molar-refractivity contribution is -0.115. The van der Waals surface area contributed by atoms with Gasteiger partial charge >= 0.3 is 0 Å². The molecule has 1 saturated heterocycles. The number of para-hydroxylation sites is 1. The van der Waals surface area contributed by atoms with Crippen LogP contribution >= 0.6 is 22.9 Å². The van der Waals surface area contributed by atoms with Gasteiger partial charge in [0.15, 0.2) is 0 Å². The number of carbonyl (C=O) groups is 1. The molecule has 1 amide bonds. The molecule has 1 fully saturated rings. The zero-order valence-corrected chi connectivity index (χ0v) is 17.7. The minimum absolute atomic E-state index is 0.108. The molecule has 150 valence electrons. The molecule has 0 radical (unpaired) electrons. The molecule has 5 nitrogen and oxygen atoms in total. The highest BCUT2D eigenvalue weighted by molar-refractivity contribution is 7.13. The van der Waals surface area contributed by atoms with Gasteiger partial charge in [0.2, 0.25) is 5.91 Å². The maximum atomic E-state index is 12.7. The fraction of sp³-hybridized carbons (Fsp3) is 0.273. The second-order valence-corrected chi connectivity index (χ2v) is 8.24. The number of morpholine rings is 1. The zero-order chi connectivity index (χ0) is 20.2. The van der Waals surface area contributed by atoms with Crippen LogP contribution in [0.25, 0.3) is 10.6 Å². The Balaban J connectivity index is 1.47. The first kappa shape index (κ1) is 19.9. The fourth-order valence-electron chi connectivity index (χ4n) is 3.38. The van der Waals surface area contributed by atoms with Crippen molar-refractivity contribution in [3.05, 3.63) is 64.1 Å². The number of nitrogens with one attached hydrogen (secondary N) is 1. The van der Waals surface area contributed by atoms with Crippen LogP contribution in [0.1, 0.15) is 11.3 Å². The van der Waals surface area contributed by atoms with E-state index in [4.69, 9.17) is 16.3 Å². The SMILES string of the molecule is Cc1cccc(-c2nc(CC(=O)Nc3cccc(Cl)c3N3CCOCC3)cs2)c1. The maximum absolute atomic E-state index is 12.7. The molecule has 29 heavy (non-hydrogen) atoms. The second-order valence-electron chi connectivity index (χ2n) is 6.97. The first-order chi connectivity index (χ1) is 14.1. The molecule has 1 aliphatic heterocycles. The van der Waals surface area contributed by atoms with Crippen molar-refractivity contribution in [2.24, 2.45) is 0 Å². The smallest absolute Gasteiger partial charge is 0.230 e. The number of carbonyl (C=O) groups excluding carboxylic acids is 1. The Labute approximate surface area is 179 Å². The van der Waals surface area contributed by atoms with E-state index in [1.165, 1.54) is 5.56 Å². The van der Waals surface area contributed by atoms with Gasteiger partial charge in [-0.15, -0.1) is 11.3 Å². The van der Waals surface area contributed by atoms with Crippen molar-refractivity contribution in [3.63, 3.8) is 0 Å². The number of hydrogen-bond acceptors (Lipinski definition) is 5. The average Bonchev–Trinajstić information content (AvgIpc) is 3.17. The third-order valence-corrected chi connectivity index (χ3v) is 5.99. The van der Waals surface area contributed by atoms with Crippen LogP contribution < -0.4 is 10.2 Å². The third-order valence-electron chi connectivity index (χ3n) is 4.75. The van der Waals surface area contributed by atoms with Crippen LogP contribution in [0, 0.1) is 6.92 Å². The van der Waals surface area contributed by atoms with Gasteiger partial charge in [-0.2, -0.15) is 0 Å². The monoisotopic (exact) mass is 427 g/mol. The summed E-state index contributed by atoms with van der Waals surface area (Å²) in [7, 11) is 0. The first-order valence-electron chi connectivity index (χ1n) is 9.52. The molecule has 3 aromatic rings. The lowest BCUT2D eigenvalue weighted by atomic mass is 10.1. The minimum Gasteiger partial charge on any atom is -0.378 e. The summed E-state index contributed by atoms with van der Waals surface area (Å²) in [6, 6.07) is 13.8. The van der Waals surface area contributed by atoms with E-state index in [1.54, 1.807) is 11.3 Å². The Kier molecular flexibility index (Phi) is 6.13. The van der Waals surface area contributed by atoms with Gasteiger partial charge < -0.3 is 15.0 Å². The Morgan fingerprint density at radius 2 is 2.03 bits per heavy atom. The summed E-state index contributed by atoms with van der Waals surface area (Å²) in [6.45, 7) is 4.86. The molecule has 1 aromatic heterocycles. The van der Waals surface area contributed by atoms with Crippen LogP contribution in [0.4, 0.5) is 11.4 Å². The van der Waals surface area contributed by atoms with E-state index in [0.29, 0.717) is 18.2 Å². The van der Waals surface area contributed by atoms with Gasteiger partial charge in [-0.3, -0.25) is 4.79 Å². The van der Waals surface area contributed by atoms with E-state index < -0.39 is 0 Å². The van der Waals surface area contributed by atoms with Crippen LogP contribution in [0.2, 0.25) is 5.02 Å². The lowest BCUT2D eigenvalue weighted by Gasteiger charge is -2.31. The topological polar surface area (TPSA) is 54.5 Å². The summed E-state index contributed by atoms with van der Waals surface area (Å²) in [5, 5.41) is 6.51. The molecule has 2 heterocycles. The number of rotatable bonds is 5. The predicted octanol–water partition coefficient (Wildman–Crippen LogP) is 4.79. The molecule has 0 aliphatic carbocycles. The van der Waals surface area contributed by atoms with Crippen molar-refractivity contribution in [2.45, 2.75) is 13.3 Å². The van der Waals surface area contributed by atoms with E-state index in [0.717, 1.165) is 40.7 Å². The number of amides is 1. The van der Waals surface area contributed by atoms with Gasteiger partial charge in [-0.05, 0) is 25.1 Å². The number of benzene rings is 2. The number of ether oxygens (including phenoxy) is 1. The number of hydrogen-bond donors (Lipinski definition) is 1. The quantitative estimate of drug-likeness (QED) is 0.636. The third kappa shape index (κ3) is 4.78. The van der Waals surface area contributed by atoms with E-state index in [-0.39, 0.29) is 12.3 Å². The molecular weight excluding hydrogens is 406 g/mol. The van der Waals surface area contributed by atoms with E-state index in [1.807, 2.05) is 35.7 Å². The van der Waals surface area contributed by atoms with Crippen LogP contribution in [-0.2, 0) is 16.0 Å². The fourth-order valence-corrected chi connectivity index (χ4v) is 4.49. The molecule has 0 unspecified atom stereocenters. The largest absolute Gasteiger partial charge is 0.378 e. The van der Waals surface area contributed by atoms with E-state index in [9.17, 15) is 4.79 Å². The van der Waals surface area contributed by atoms with Crippen LogP contribution in [0.15, 0.2) is 47.8 Å². The van der Waals surface area contributed by atoms with Crippen LogP contribution in [0.5, 0.6) is 0 Å². The summed E-state index contributed by atoms with van der Waals surface area (Å²) in [4.78, 5) is 19.5. The molecule has 2 aromatic carbocycles. The van der Waals surface area contributed by atoms with Crippen molar-refractivity contribution in [3.8, 4) is 10.6 Å². The Morgan fingerprint density at radius 3 is 2.83 bits per heavy atom. The lowest BCUT2D eigenvalue weighted by Crippen LogP contribution is -2.37. The number of aromatic nitrogens is 1. The summed E-state index contributed by atoms with van der Waals surface area (Å²) < 4.78 is 5.43. The highest BCUT2D eigenvalue weighted by Gasteiger charge is 2.19. The number of nitrogens with zero attached hydrogens (tertiary/aromatic N) is 2. The van der Waals surface area contributed by atoms with Crippen molar-refractivity contribution in [1.82, 2.24) is 4.98 Å². The first-order valence-corrected chi connectivity index (χ1v) is 10.8.